The van der Waals surface area contributed by atoms with Gasteiger partial charge in [0, 0.05) is 19.6 Å². The number of nitrogens with one attached hydrogen (secondary N) is 1. The number of hydrogen-bond donors (Lipinski definition) is 1. The summed E-state index contributed by atoms with van der Waals surface area (Å²) in [6, 6.07) is 9.64. The topological polar surface area (TPSA) is 32.3 Å². The Morgan fingerprint density at radius 3 is 2.76 bits per heavy atom. The minimum absolute atomic E-state index is 0.0992. The van der Waals surface area contributed by atoms with Gasteiger partial charge in [-0.15, -0.1) is 11.6 Å². The molecule has 1 N–H and O–H groups in total. The molecule has 0 aliphatic carbocycles. The second-order valence-corrected chi connectivity index (χ2v) is 4.82. The number of benzene rings is 1. The largest absolute Gasteiger partial charge is 0.322 e. The number of halogens is 2. The second-order valence-electron chi connectivity index (χ2n) is 4.03. The van der Waals surface area contributed by atoms with E-state index in [9.17, 15) is 4.79 Å². The molecule has 1 amide bonds. The van der Waals surface area contributed by atoms with Crippen LogP contribution in [0.4, 0.5) is 4.79 Å². The average Bonchev–Trinajstić information content (AvgIpc) is 2.39. The van der Waals surface area contributed by atoms with E-state index < -0.39 is 5.37 Å². The molecule has 1 fully saturated rings. The first-order valence-corrected chi connectivity index (χ1v) is 6.37. The average molecular weight is 273 g/mol. The van der Waals surface area contributed by atoms with Crippen LogP contribution in [0.1, 0.15) is 10.9 Å². The summed E-state index contributed by atoms with van der Waals surface area (Å²) >= 11 is 12.0. The van der Waals surface area contributed by atoms with Crippen molar-refractivity contribution in [2.75, 3.05) is 19.6 Å². The van der Waals surface area contributed by atoms with E-state index in [0.717, 1.165) is 12.1 Å². The number of piperazine rings is 1. The molecule has 1 aliphatic rings. The summed E-state index contributed by atoms with van der Waals surface area (Å²) < 4.78 is 0. The molecule has 3 nitrogen and oxygen atoms in total. The molecule has 0 bridgehead atoms. The van der Waals surface area contributed by atoms with Crippen molar-refractivity contribution in [2.45, 2.75) is 11.4 Å². The zero-order valence-electron chi connectivity index (χ0n) is 9.27. The lowest BCUT2D eigenvalue weighted by molar-refractivity contribution is 0.177. The number of rotatable bonds is 2. The molecule has 1 aliphatic heterocycles. The van der Waals surface area contributed by atoms with Crippen LogP contribution in [-0.2, 0) is 0 Å². The number of amides is 1. The van der Waals surface area contributed by atoms with Crippen LogP contribution in [-0.4, -0.2) is 35.9 Å². The zero-order valence-corrected chi connectivity index (χ0v) is 10.8. The second kappa shape index (κ2) is 5.71. The monoisotopic (exact) mass is 272 g/mol. The number of alkyl halides is 1. The molecule has 17 heavy (non-hydrogen) atoms. The van der Waals surface area contributed by atoms with E-state index in [1.54, 1.807) is 4.90 Å². The van der Waals surface area contributed by atoms with Crippen molar-refractivity contribution in [1.29, 1.82) is 0 Å². The van der Waals surface area contributed by atoms with Crippen LogP contribution >= 0.6 is 23.2 Å². The molecular weight excluding hydrogens is 259 g/mol. The van der Waals surface area contributed by atoms with Crippen LogP contribution < -0.4 is 5.32 Å². The van der Waals surface area contributed by atoms with Gasteiger partial charge < -0.3 is 10.2 Å². The Balaban J connectivity index is 2.16. The standard InChI is InChI=1S/C12H14Cl2N2O/c13-11(9-4-2-1-3-5-9)10-8-15-6-7-16(10)12(14)17/h1-5,10-11,15H,6-8H2. The van der Waals surface area contributed by atoms with Crippen LogP contribution in [0.2, 0.25) is 0 Å². The van der Waals surface area contributed by atoms with E-state index in [1.165, 1.54) is 0 Å². The predicted octanol–water partition coefficient (Wildman–Crippen LogP) is 2.60. The summed E-state index contributed by atoms with van der Waals surface area (Å²) in [5, 5.41) is 2.56. The summed E-state index contributed by atoms with van der Waals surface area (Å²) in [6.07, 6.45) is 0. The molecule has 0 saturated carbocycles. The zero-order chi connectivity index (χ0) is 12.3. The molecule has 0 aromatic heterocycles. The number of carbonyl (C=O) groups excluding carboxylic acids is 1. The van der Waals surface area contributed by atoms with Crippen molar-refractivity contribution >= 4 is 28.6 Å². The first kappa shape index (κ1) is 12.7. The van der Waals surface area contributed by atoms with E-state index in [0.29, 0.717) is 13.1 Å². The highest BCUT2D eigenvalue weighted by Gasteiger charge is 2.31. The van der Waals surface area contributed by atoms with Crippen molar-refractivity contribution in [3.63, 3.8) is 0 Å². The van der Waals surface area contributed by atoms with Gasteiger partial charge in [0.25, 0.3) is 0 Å². The molecular formula is C12H14Cl2N2O. The van der Waals surface area contributed by atoms with Crippen molar-refractivity contribution in [3.05, 3.63) is 35.9 Å². The van der Waals surface area contributed by atoms with Crippen molar-refractivity contribution in [1.82, 2.24) is 10.2 Å². The molecule has 1 saturated heterocycles. The molecule has 92 valence electrons. The Bertz CT molecular complexity index is 385. The van der Waals surface area contributed by atoms with Gasteiger partial charge in [0.2, 0.25) is 0 Å². The Morgan fingerprint density at radius 2 is 2.12 bits per heavy atom. The molecule has 5 heteroatoms. The summed E-state index contributed by atoms with van der Waals surface area (Å²) in [6.45, 7) is 2.03. The quantitative estimate of drug-likeness (QED) is 0.510. The molecule has 1 heterocycles. The minimum Gasteiger partial charge on any atom is -0.322 e. The van der Waals surface area contributed by atoms with Crippen LogP contribution in [0.25, 0.3) is 0 Å². The van der Waals surface area contributed by atoms with Gasteiger partial charge in [-0.05, 0) is 17.2 Å². The van der Waals surface area contributed by atoms with Crippen LogP contribution in [0, 0.1) is 0 Å². The van der Waals surface area contributed by atoms with Gasteiger partial charge in [-0.1, -0.05) is 30.3 Å². The molecule has 0 radical (unpaired) electrons. The number of nitrogens with zero attached hydrogens (tertiary/aromatic N) is 1. The highest BCUT2D eigenvalue weighted by atomic mass is 35.5. The van der Waals surface area contributed by atoms with Crippen LogP contribution in [0.5, 0.6) is 0 Å². The third-order valence-electron chi connectivity index (χ3n) is 2.96. The molecule has 2 rings (SSSR count). The van der Waals surface area contributed by atoms with Gasteiger partial charge in [-0.25, -0.2) is 0 Å². The first-order chi connectivity index (χ1) is 8.20. The highest BCUT2D eigenvalue weighted by molar-refractivity contribution is 6.62. The van der Waals surface area contributed by atoms with Crippen LogP contribution in [0.15, 0.2) is 30.3 Å². The van der Waals surface area contributed by atoms with Gasteiger partial charge in [0.05, 0.1) is 11.4 Å². The SMILES string of the molecule is O=C(Cl)N1CCNCC1C(Cl)c1ccccc1. The van der Waals surface area contributed by atoms with E-state index in [2.05, 4.69) is 5.32 Å². The fourth-order valence-corrected chi connectivity index (χ4v) is 2.64. The van der Waals surface area contributed by atoms with Gasteiger partial charge >= 0.3 is 5.37 Å². The Hall–Kier alpha value is -0.770. The smallest absolute Gasteiger partial charge is 0.316 e. The third kappa shape index (κ3) is 2.92. The van der Waals surface area contributed by atoms with Crippen LogP contribution in [0.3, 0.4) is 0 Å². The predicted molar refractivity (Wildman–Crippen MR) is 69.6 cm³/mol. The maximum absolute atomic E-state index is 11.3. The van der Waals surface area contributed by atoms with Crippen molar-refractivity contribution in [2.24, 2.45) is 0 Å². The summed E-state index contributed by atoms with van der Waals surface area (Å²) in [5.41, 5.74) is 1.01. The fraction of sp³-hybridized carbons (Fsp3) is 0.417. The molecule has 2 atom stereocenters. The van der Waals surface area contributed by atoms with E-state index in [1.807, 2.05) is 30.3 Å². The van der Waals surface area contributed by atoms with E-state index in [-0.39, 0.29) is 11.4 Å². The highest BCUT2D eigenvalue weighted by Crippen LogP contribution is 2.29. The third-order valence-corrected chi connectivity index (χ3v) is 3.72. The van der Waals surface area contributed by atoms with Gasteiger partial charge in [-0.3, -0.25) is 4.79 Å². The molecule has 1 aromatic carbocycles. The maximum atomic E-state index is 11.3. The number of hydrogen-bond acceptors (Lipinski definition) is 2. The van der Waals surface area contributed by atoms with Crippen molar-refractivity contribution < 1.29 is 4.79 Å². The lowest BCUT2D eigenvalue weighted by atomic mass is 10.0. The normalized spacial score (nSPS) is 22.2. The van der Waals surface area contributed by atoms with E-state index in [4.69, 9.17) is 23.2 Å². The van der Waals surface area contributed by atoms with Gasteiger partial charge in [0.15, 0.2) is 0 Å². The summed E-state index contributed by atoms with van der Waals surface area (Å²) in [5.74, 6) is 0. The Kier molecular flexibility index (Phi) is 4.26. The lowest BCUT2D eigenvalue weighted by Gasteiger charge is -2.37. The fourth-order valence-electron chi connectivity index (χ4n) is 2.06. The van der Waals surface area contributed by atoms with Crippen molar-refractivity contribution in [3.8, 4) is 0 Å². The summed E-state index contributed by atoms with van der Waals surface area (Å²) in [7, 11) is 0. The Morgan fingerprint density at radius 1 is 1.41 bits per heavy atom. The van der Waals surface area contributed by atoms with Gasteiger partial charge in [-0.2, -0.15) is 0 Å². The lowest BCUT2D eigenvalue weighted by Crippen LogP contribution is -2.53. The van der Waals surface area contributed by atoms with E-state index >= 15 is 0 Å². The van der Waals surface area contributed by atoms with Gasteiger partial charge in [0.1, 0.15) is 0 Å². The first-order valence-electron chi connectivity index (χ1n) is 5.56. The molecule has 1 aromatic rings. The maximum Gasteiger partial charge on any atom is 0.316 e. The number of carbonyl (C=O) groups is 1. The summed E-state index contributed by atoms with van der Waals surface area (Å²) in [4.78, 5) is 13.0. The molecule has 0 spiro atoms. The Labute approximate surface area is 111 Å². The molecule has 2 unspecified atom stereocenters. The minimum atomic E-state index is -0.432.